The quantitative estimate of drug-likeness (QED) is 0.733. The molecule has 0 spiro atoms. The Kier molecular flexibility index (Phi) is 5.98. The molecule has 1 aliphatic heterocycles. The van der Waals surface area contributed by atoms with Gasteiger partial charge in [0.25, 0.3) is 0 Å². The van der Waals surface area contributed by atoms with E-state index in [1.54, 1.807) is 6.92 Å². The third-order valence-electron chi connectivity index (χ3n) is 3.48. The number of halogens is 3. The number of benzene rings is 1. The summed E-state index contributed by atoms with van der Waals surface area (Å²) in [4.78, 5) is 25.6. The molecule has 1 aromatic carbocycles. The Balaban J connectivity index is 2.71. The molecular formula is C15H14Cl3NO5. The predicted molar refractivity (Wildman–Crippen MR) is 90.6 cm³/mol. The second kappa shape index (κ2) is 7.61. The Morgan fingerprint density at radius 1 is 1.12 bits per heavy atom. The zero-order valence-electron chi connectivity index (χ0n) is 13.1. The van der Waals surface area contributed by atoms with Crippen molar-refractivity contribution in [3.05, 3.63) is 38.0 Å². The van der Waals surface area contributed by atoms with Gasteiger partial charge in [-0.05, 0) is 18.6 Å². The van der Waals surface area contributed by atoms with Gasteiger partial charge >= 0.3 is 11.9 Å². The van der Waals surface area contributed by atoms with Crippen molar-refractivity contribution in [3.8, 4) is 0 Å². The number of carbonyl (C=O) groups is 2. The van der Waals surface area contributed by atoms with E-state index >= 15 is 0 Å². The topological polar surface area (TPSA) is 65.1 Å². The number of hydrogen-bond donors (Lipinski definition) is 0. The highest BCUT2D eigenvalue weighted by atomic mass is 35.5. The van der Waals surface area contributed by atoms with Crippen LogP contribution in [0.2, 0.25) is 15.1 Å². The van der Waals surface area contributed by atoms with Crippen LogP contribution < -0.4 is 4.90 Å². The summed E-state index contributed by atoms with van der Waals surface area (Å²) in [6, 6.07) is 1.50. The minimum absolute atomic E-state index is 0.00957. The van der Waals surface area contributed by atoms with Crippen LogP contribution in [0.5, 0.6) is 0 Å². The molecule has 0 saturated heterocycles. The van der Waals surface area contributed by atoms with E-state index in [-0.39, 0.29) is 34.7 Å². The summed E-state index contributed by atoms with van der Waals surface area (Å²) in [6.45, 7) is 1.55. The lowest BCUT2D eigenvalue weighted by atomic mass is 10.1. The van der Waals surface area contributed by atoms with Crippen LogP contribution in [0, 0.1) is 6.92 Å². The van der Waals surface area contributed by atoms with Crippen LogP contribution in [-0.4, -0.2) is 39.5 Å². The van der Waals surface area contributed by atoms with Gasteiger partial charge in [0.2, 0.25) is 0 Å². The van der Waals surface area contributed by atoms with E-state index in [1.165, 1.54) is 25.2 Å². The third-order valence-corrected chi connectivity index (χ3v) is 4.62. The number of carbonyl (C=O) groups excluding carboxylic acids is 2. The van der Waals surface area contributed by atoms with Crippen molar-refractivity contribution < 1.29 is 23.8 Å². The maximum Gasteiger partial charge on any atom is 0.355 e. The van der Waals surface area contributed by atoms with Gasteiger partial charge in [-0.1, -0.05) is 34.8 Å². The average Bonchev–Trinajstić information content (AvgIpc) is 2.58. The zero-order chi connectivity index (χ0) is 18.0. The Labute approximate surface area is 153 Å². The zero-order valence-corrected chi connectivity index (χ0v) is 15.4. The lowest BCUT2D eigenvalue weighted by Crippen LogP contribution is -2.39. The summed E-state index contributed by atoms with van der Waals surface area (Å²) in [6.07, 6.45) is 0. The maximum absolute atomic E-state index is 12.3. The van der Waals surface area contributed by atoms with Gasteiger partial charge in [-0.15, -0.1) is 0 Å². The molecule has 0 aliphatic carbocycles. The van der Waals surface area contributed by atoms with Crippen LogP contribution in [0.15, 0.2) is 17.3 Å². The predicted octanol–water partition coefficient (Wildman–Crippen LogP) is 3.35. The molecule has 0 aromatic heterocycles. The highest BCUT2D eigenvalue weighted by Gasteiger charge is 2.34. The highest BCUT2D eigenvalue weighted by molar-refractivity contribution is 6.43. The summed E-state index contributed by atoms with van der Waals surface area (Å²) >= 11 is 18.7. The molecule has 0 atom stereocenters. The lowest BCUT2D eigenvalue weighted by Gasteiger charge is -2.32. The first-order valence-electron chi connectivity index (χ1n) is 6.72. The fourth-order valence-electron chi connectivity index (χ4n) is 2.24. The Morgan fingerprint density at radius 3 is 2.33 bits per heavy atom. The van der Waals surface area contributed by atoms with Crippen molar-refractivity contribution in [2.45, 2.75) is 6.92 Å². The number of hydrogen-bond acceptors (Lipinski definition) is 6. The normalized spacial score (nSPS) is 14.7. The van der Waals surface area contributed by atoms with Crippen molar-refractivity contribution in [2.24, 2.45) is 0 Å². The maximum atomic E-state index is 12.3. The molecule has 2 rings (SSSR count). The lowest BCUT2D eigenvalue weighted by molar-refractivity contribution is -0.140. The number of nitrogens with zero attached hydrogens (tertiary/aromatic N) is 1. The minimum atomic E-state index is -0.738. The second-order valence-corrected chi connectivity index (χ2v) is 6.04. The van der Waals surface area contributed by atoms with Crippen molar-refractivity contribution >= 4 is 52.4 Å². The van der Waals surface area contributed by atoms with Crippen LogP contribution in [-0.2, 0) is 23.8 Å². The van der Waals surface area contributed by atoms with Gasteiger partial charge in [0.1, 0.15) is 12.4 Å². The first-order valence-corrected chi connectivity index (χ1v) is 7.86. The van der Waals surface area contributed by atoms with Crippen molar-refractivity contribution in [2.75, 3.05) is 32.5 Å². The summed E-state index contributed by atoms with van der Waals surface area (Å²) in [7, 11) is 2.41. The molecule has 0 unspecified atom stereocenters. The van der Waals surface area contributed by atoms with E-state index in [9.17, 15) is 9.59 Å². The molecule has 24 heavy (non-hydrogen) atoms. The first kappa shape index (κ1) is 18.9. The van der Waals surface area contributed by atoms with Gasteiger partial charge in [0.05, 0.1) is 42.1 Å². The molecule has 0 amide bonds. The summed E-state index contributed by atoms with van der Waals surface area (Å²) in [5.74, 6) is -1.45. The van der Waals surface area contributed by atoms with E-state index in [0.717, 1.165) is 0 Å². The molecule has 1 heterocycles. The average molecular weight is 395 g/mol. The molecule has 0 radical (unpaired) electrons. The third kappa shape index (κ3) is 3.32. The van der Waals surface area contributed by atoms with Crippen LogP contribution >= 0.6 is 34.8 Å². The van der Waals surface area contributed by atoms with E-state index in [0.29, 0.717) is 16.3 Å². The van der Waals surface area contributed by atoms with E-state index in [2.05, 4.69) is 0 Å². The summed E-state index contributed by atoms with van der Waals surface area (Å²) in [5.41, 5.74) is 0.838. The number of anilines is 1. The van der Waals surface area contributed by atoms with Gasteiger partial charge in [-0.25, -0.2) is 9.59 Å². The van der Waals surface area contributed by atoms with Crippen molar-refractivity contribution in [1.82, 2.24) is 0 Å². The molecule has 0 N–H and O–H groups in total. The van der Waals surface area contributed by atoms with Crippen LogP contribution in [0.4, 0.5) is 5.69 Å². The molecule has 0 bridgehead atoms. The first-order chi connectivity index (χ1) is 11.3. The second-order valence-electron chi connectivity index (χ2n) is 4.84. The minimum Gasteiger partial charge on any atom is -0.466 e. The number of esters is 2. The largest absolute Gasteiger partial charge is 0.466 e. The van der Waals surface area contributed by atoms with Gasteiger partial charge in [0, 0.05) is 5.02 Å². The van der Waals surface area contributed by atoms with E-state index in [1.807, 2.05) is 0 Å². The summed E-state index contributed by atoms with van der Waals surface area (Å²) in [5, 5.41) is 0.818. The van der Waals surface area contributed by atoms with Gasteiger partial charge in [-0.3, -0.25) is 0 Å². The fourth-order valence-corrected chi connectivity index (χ4v) is 3.21. The van der Waals surface area contributed by atoms with Crippen LogP contribution in [0.25, 0.3) is 0 Å². The standard InChI is InChI=1S/C15H14Cl3NO5/c1-7-9(16)4-10(17)13(11(7)18)19-6-24-5-8(14(20)22-2)12(19)15(21)23-3/h4H,5-6H2,1-3H3. The van der Waals surface area contributed by atoms with Crippen molar-refractivity contribution in [1.29, 1.82) is 0 Å². The van der Waals surface area contributed by atoms with Gasteiger partial charge in [0.15, 0.2) is 0 Å². The molecule has 1 aliphatic rings. The number of methoxy groups -OCH3 is 2. The molecule has 0 saturated carbocycles. The molecular weight excluding hydrogens is 381 g/mol. The van der Waals surface area contributed by atoms with E-state index in [4.69, 9.17) is 49.0 Å². The Hall–Kier alpha value is -1.47. The monoisotopic (exact) mass is 393 g/mol. The van der Waals surface area contributed by atoms with Gasteiger partial charge < -0.3 is 19.1 Å². The number of ether oxygens (including phenoxy) is 3. The number of rotatable bonds is 3. The fraction of sp³-hybridized carbons (Fsp3) is 0.333. The molecule has 1 aromatic rings. The molecule has 130 valence electrons. The molecule has 9 heteroatoms. The van der Waals surface area contributed by atoms with Crippen LogP contribution in [0.1, 0.15) is 5.56 Å². The molecule has 0 fully saturated rings. The van der Waals surface area contributed by atoms with Gasteiger partial charge in [-0.2, -0.15) is 0 Å². The van der Waals surface area contributed by atoms with Crippen LogP contribution in [0.3, 0.4) is 0 Å². The van der Waals surface area contributed by atoms with Crippen molar-refractivity contribution in [3.63, 3.8) is 0 Å². The summed E-state index contributed by atoms with van der Waals surface area (Å²) < 4.78 is 14.9. The smallest absolute Gasteiger partial charge is 0.355 e. The molecule has 6 nitrogen and oxygen atoms in total. The SMILES string of the molecule is COC(=O)C1=C(C(=O)OC)N(c2c(Cl)cc(Cl)c(C)c2Cl)COC1. The Morgan fingerprint density at radius 2 is 1.75 bits per heavy atom. The Bertz CT molecular complexity index is 732. The highest BCUT2D eigenvalue weighted by Crippen LogP contribution is 2.42. The van der Waals surface area contributed by atoms with E-state index < -0.39 is 11.9 Å².